The van der Waals surface area contributed by atoms with Crippen molar-refractivity contribution in [1.82, 2.24) is 0 Å². The fourth-order valence-corrected chi connectivity index (χ4v) is 2.99. The molecular formula is C23H18. The van der Waals surface area contributed by atoms with E-state index in [4.69, 9.17) is 0 Å². The van der Waals surface area contributed by atoms with E-state index in [1.165, 1.54) is 38.6 Å². The lowest BCUT2D eigenvalue weighted by Gasteiger charge is -2.08. The molecule has 4 aromatic rings. The fourth-order valence-electron chi connectivity index (χ4n) is 2.99. The first-order valence-corrected chi connectivity index (χ1v) is 7.96. The van der Waals surface area contributed by atoms with Crippen molar-refractivity contribution in [2.24, 2.45) is 0 Å². The van der Waals surface area contributed by atoms with E-state index in [0.29, 0.717) is 0 Å². The van der Waals surface area contributed by atoms with Gasteiger partial charge in [0, 0.05) is 0 Å². The van der Waals surface area contributed by atoms with Crippen LogP contribution in [0.1, 0.15) is 5.56 Å². The van der Waals surface area contributed by atoms with Crippen molar-refractivity contribution in [2.45, 2.75) is 6.92 Å². The van der Waals surface area contributed by atoms with Gasteiger partial charge in [0.05, 0.1) is 0 Å². The van der Waals surface area contributed by atoms with Gasteiger partial charge in [-0.3, -0.25) is 0 Å². The summed E-state index contributed by atoms with van der Waals surface area (Å²) in [5.41, 5.74) is 6.33. The number of benzene rings is 4. The van der Waals surface area contributed by atoms with Gasteiger partial charge in [-0.15, -0.1) is 0 Å². The largest absolute Gasteiger partial charge is 0.0616 e. The Morgan fingerprint density at radius 3 is 1.83 bits per heavy atom. The molecule has 0 amide bonds. The van der Waals surface area contributed by atoms with Crippen LogP contribution in [-0.2, 0) is 0 Å². The lowest BCUT2D eigenvalue weighted by atomic mass is 9.97. The summed E-state index contributed by atoms with van der Waals surface area (Å²) in [7, 11) is 0. The van der Waals surface area contributed by atoms with E-state index in [-0.39, 0.29) is 0 Å². The molecule has 0 aliphatic carbocycles. The van der Waals surface area contributed by atoms with E-state index in [2.05, 4.69) is 97.9 Å². The van der Waals surface area contributed by atoms with Crippen LogP contribution in [0.3, 0.4) is 0 Å². The summed E-state index contributed by atoms with van der Waals surface area (Å²) >= 11 is 0. The van der Waals surface area contributed by atoms with E-state index in [1.54, 1.807) is 0 Å². The first-order valence-electron chi connectivity index (χ1n) is 7.96. The Bertz CT molecular complexity index is 962. The summed E-state index contributed by atoms with van der Waals surface area (Å²) in [6.45, 7) is 2.12. The average molecular weight is 294 g/mol. The minimum atomic E-state index is 1.26. The zero-order valence-electron chi connectivity index (χ0n) is 13.2. The van der Waals surface area contributed by atoms with Crippen molar-refractivity contribution in [3.8, 4) is 22.3 Å². The third-order valence-corrected chi connectivity index (χ3v) is 4.33. The predicted molar refractivity (Wildman–Crippen MR) is 99.6 cm³/mol. The summed E-state index contributed by atoms with van der Waals surface area (Å²) in [5.74, 6) is 0. The molecule has 110 valence electrons. The van der Waals surface area contributed by atoms with E-state index in [1.807, 2.05) is 0 Å². The first kappa shape index (κ1) is 13.8. The van der Waals surface area contributed by atoms with Crippen LogP contribution in [0.2, 0.25) is 0 Å². The second-order valence-corrected chi connectivity index (χ2v) is 6.01. The molecule has 0 bridgehead atoms. The summed E-state index contributed by atoms with van der Waals surface area (Å²) < 4.78 is 0. The molecule has 0 saturated carbocycles. The summed E-state index contributed by atoms with van der Waals surface area (Å²) in [6.07, 6.45) is 0. The molecule has 0 atom stereocenters. The van der Waals surface area contributed by atoms with Crippen LogP contribution < -0.4 is 0 Å². The highest BCUT2D eigenvalue weighted by molar-refractivity contribution is 5.87. The minimum Gasteiger partial charge on any atom is -0.0616 e. The highest BCUT2D eigenvalue weighted by Gasteiger charge is 2.03. The Morgan fingerprint density at radius 2 is 1.04 bits per heavy atom. The fraction of sp³-hybridized carbons (Fsp3) is 0.0435. The molecule has 0 radical (unpaired) electrons. The van der Waals surface area contributed by atoms with Crippen LogP contribution in [-0.4, -0.2) is 0 Å². The monoisotopic (exact) mass is 294 g/mol. The van der Waals surface area contributed by atoms with Gasteiger partial charge in [0.1, 0.15) is 0 Å². The van der Waals surface area contributed by atoms with Crippen LogP contribution in [0.4, 0.5) is 0 Å². The molecule has 0 aliphatic heterocycles. The maximum atomic E-state index is 2.27. The van der Waals surface area contributed by atoms with E-state index in [9.17, 15) is 0 Å². The van der Waals surface area contributed by atoms with Crippen molar-refractivity contribution in [3.05, 3.63) is 96.6 Å². The zero-order chi connectivity index (χ0) is 15.6. The third kappa shape index (κ3) is 2.76. The number of rotatable bonds is 2. The molecule has 23 heavy (non-hydrogen) atoms. The van der Waals surface area contributed by atoms with Crippen molar-refractivity contribution in [2.75, 3.05) is 0 Å². The van der Waals surface area contributed by atoms with Crippen LogP contribution in [0.15, 0.2) is 91.0 Å². The minimum absolute atomic E-state index is 1.26. The highest BCUT2D eigenvalue weighted by atomic mass is 14.1. The maximum Gasteiger partial charge on any atom is -0.0177 e. The Labute approximate surface area is 137 Å². The van der Waals surface area contributed by atoms with Crippen molar-refractivity contribution < 1.29 is 0 Å². The van der Waals surface area contributed by atoms with Crippen LogP contribution >= 0.6 is 0 Å². The Hall–Kier alpha value is -2.86. The Kier molecular flexibility index (Phi) is 3.44. The lowest BCUT2D eigenvalue weighted by Crippen LogP contribution is -1.82. The molecule has 0 N–H and O–H groups in total. The molecule has 0 fully saturated rings. The van der Waals surface area contributed by atoms with Crippen molar-refractivity contribution in [3.63, 3.8) is 0 Å². The van der Waals surface area contributed by atoms with Gasteiger partial charge in [0.15, 0.2) is 0 Å². The maximum absolute atomic E-state index is 2.27. The number of hydrogen-bond donors (Lipinski definition) is 0. The lowest BCUT2D eigenvalue weighted by molar-refractivity contribution is 1.47. The smallest absolute Gasteiger partial charge is 0.0177 e. The summed E-state index contributed by atoms with van der Waals surface area (Å²) in [5, 5.41) is 2.57. The normalized spacial score (nSPS) is 10.8. The van der Waals surface area contributed by atoms with E-state index < -0.39 is 0 Å². The third-order valence-electron chi connectivity index (χ3n) is 4.33. The predicted octanol–water partition coefficient (Wildman–Crippen LogP) is 6.48. The summed E-state index contributed by atoms with van der Waals surface area (Å²) in [6, 6.07) is 32.6. The van der Waals surface area contributed by atoms with Crippen LogP contribution in [0, 0.1) is 6.92 Å². The molecule has 0 saturated heterocycles. The van der Waals surface area contributed by atoms with Gasteiger partial charge in [0.25, 0.3) is 0 Å². The van der Waals surface area contributed by atoms with E-state index in [0.717, 1.165) is 0 Å². The van der Waals surface area contributed by atoms with Gasteiger partial charge in [-0.25, -0.2) is 0 Å². The van der Waals surface area contributed by atoms with Gasteiger partial charge in [0.2, 0.25) is 0 Å². The quantitative estimate of drug-likeness (QED) is 0.397. The molecule has 4 aromatic carbocycles. The first-order chi connectivity index (χ1) is 11.3. The molecule has 0 unspecified atom stereocenters. The van der Waals surface area contributed by atoms with Gasteiger partial charge in [-0.05, 0) is 52.1 Å². The molecule has 0 heterocycles. The SMILES string of the molecule is Cc1ccc(-c2cccc(-c3ccc4ccccc4c3)c2)cc1. The van der Waals surface area contributed by atoms with Gasteiger partial charge in [-0.2, -0.15) is 0 Å². The Morgan fingerprint density at radius 1 is 0.435 bits per heavy atom. The average Bonchev–Trinajstić information content (AvgIpc) is 2.62. The number of hydrogen-bond acceptors (Lipinski definition) is 0. The van der Waals surface area contributed by atoms with Gasteiger partial charge < -0.3 is 0 Å². The van der Waals surface area contributed by atoms with Crippen molar-refractivity contribution in [1.29, 1.82) is 0 Å². The second kappa shape index (κ2) is 5.73. The molecule has 0 heteroatoms. The van der Waals surface area contributed by atoms with E-state index >= 15 is 0 Å². The molecule has 0 spiro atoms. The molecular weight excluding hydrogens is 276 g/mol. The summed E-state index contributed by atoms with van der Waals surface area (Å²) in [4.78, 5) is 0. The van der Waals surface area contributed by atoms with Gasteiger partial charge in [-0.1, -0.05) is 84.4 Å². The van der Waals surface area contributed by atoms with Gasteiger partial charge >= 0.3 is 0 Å². The molecule has 0 nitrogen and oxygen atoms in total. The number of aryl methyl sites for hydroxylation is 1. The molecule has 0 aliphatic rings. The zero-order valence-corrected chi connectivity index (χ0v) is 13.2. The van der Waals surface area contributed by atoms with Crippen molar-refractivity contribution >= 4 is 10.8 Å². The number of fused-ring (bicyclic) bond motifs is 1. The Balaban J connectivity index is 1.79. The standard InChI is InChI=1S/C23H18/c1-17-9-11-19(12-10-17)21-7-4-8-22(15-21)23-14-13-18-5-2-3-6-20(18)16-23/h2-16H,1H3. The topological polar surface area (TPSA) is 0 Å². The molecule has 4 rings (SSSR count). The van der Waals surface area contributed by atoms with Crippen LogP contribution in [0.25, 0.3) is 33.0 Å². The molecule has 0 aromatic heterocycles. The van der Waals surface area contributed by atoms with Crippen LogP contribution in [0.5, 0.6) is 0 Å². The highest BCUT2D eigenvalue weighted by Crippen LogP contribution is 2.28. The second-order valence-electron chi connectivity index (χ2n) is 6.01.